The Labute approximate surface area is 123 Å². The van der Waals surface area contributed by atoms with Crippen LogP contribution in [0.2, 0.25) is 0 Å². The molecule has 3 aromatic rings. The summed E-state index contributed by atoms with van der Waals surface area (Å²) in [6.45, 7) is 2.41. The normalized spacial score (nSPS) is 10.5. The summed E-state index contributed by atoms with van der Waals surface area (Å²) in [6, 6.07) is 10.2. The summed E-state index contributed by atoms with van der Waals surface area (Å²) in [4.78, 5) is 8.64. The summed E-state index contributed by atoms with van der Waals surface area (Å²) in [5, 5.41) is 7.46. The minimum atomic E-state index is 0.431. The van der Waals surface area contributed by atoms with Crippen LogP contribution in [0.3, 0.4) is 0 Å². The molecule has 3 rings (SSSR count). The first-order chi connectivity index (χ1) is 10.3. The molecule has 0 spiro atoms. The smallest absolute Gasteiger partial charge is 0.254 e. The van der Waals surface area contributed by atoms with Gasteiger partial charge in [0.25, 0.3) is 5.78 Å². The number of hydrogen-bond donors (Lipinski definition) is 1. The molecule has 0 atom stereocenters. The van der Waals surface area contributed by atoms with E-state index in [4.69, 9.17) is 6.42 Å². The maximum absolute atomic E-state index is 5.36. The van der Waals surface area contributed by atoms with Crippen molar-refractivity contribution in [1.82, 2.24) is 19.6 Å². The standard InChI is InChI=1S/C16H15N5/c1-3-9-17-15-14(10-13-7-5-4-6-8-13)12(2)20-16-18-11-19-21(15)16/h1,4-8,11,17H,9-10H2,2H3. The Morgan fingerprint density at radius 2 is 2.10 bits per heavy atom. The highest BCUT2D eigenvalue weighted by Gasteiger charge is 2.14. The number of nitrogens with zero attached hydrogens (tertiary/aromatic N) is 4. The van der Waals surface area contributed by atoms with Gasteiger partial charge in [-0.25, -0.2) is 4.98 Å². The molecule has 2 heterocycles. The molecule has 1 N–H and O–H groups in total. The van der Waals surface area contributed by atoms with Gasteiger partial charge < -0.3 is 5.32 Å². The fourth-order valence-corrected chi connectivity index (χ4v) is 2.31. The molecule has 0 bridgehead atoms. The third-order valence-corrected chi connectivity index (χ3v) is 3.31. The number of benzene rings is 1. The van der Waals surface area contributed by atoms with Gasteiger partial charge in [0.15, 0.2) is 0 Å². The lowest BCUT2D eigenvalue weighted by atomic mass is 10.0. The summed E-state index contributed by atoms with van der Waals surface area (Å²) in [7, 11) is 0. The van der Waals surface area contributed by atoms with Crippen molar-refractivity contribution in [2.24, 2.45) is 0 Å². The monoisotopic (exact) mass is 277 g/mol. The molecule has 0 aliphatic carbocycles. The molecule has 104 valence electrons. The third-order valence-electron chi connectivity index (χ3n) is 3.31. The lowest BCUT2D eigenvalue weighted by molar-refractivity contribution is 0.902. The Morgan fingerprint density at radius 3 is 2.86 bits per heavy atom. The lowest BCUT2D eigenvalue weighted by Gasteiger charge is -2.14. The molecule has 0 saturated carbocycles. The van der Waals surface area contributed by atoms with E-state index in [0.29, 0.717) is 12.3 Å². The van der Waals surface area contributed by atoms with Crippen LogP contribution >= 0.6 is 0 Å². The van der Waals surface area contributed by atoms with Crippen LogP contribution < -0.4 is 5.32 Å². The molecule has 0 saturated heterocycles. The number of aryl methyl sites for hydroxylation is 1. The average Bonchev–Trinajstić information content (AvgIpc) is 2.96. The molecule has 0 radical (unpaired) electrons. The molecule has 1 aromatic carbocycles. The fourth-order valence-electron chi connectivity index (χ4n) is 2.31. The van der Waals surface area contributed by atoms with E-state index in [0.717, 1.165) is 23.5 Å². The minimum absolute atomic E-state index is 0.431. The van der Waals surface area contributed by atoms with Crippen LogP contribution in [0.4, 0.5) is 5.82 Å². The van der Waals surface area contributed by atoms with Gasteiger partial charge in [-0.3, -0.25) is 0 Å². The van der Waals surface area contributed by atoms with E-state index in [1.54, 1.807) is 4.52 Å². The maximum atomic E-state index is 5.36. The van der Waals surface area contributed by atoms with E-state index in [2.05, 4.69) is 38.4 Å². The Balaban J connectivity index is 2.11. The highest BCUT2D eigenvalue weighted by molar-refractivity contribution is 5.54. The zero-order valence-corrected chi connectivity index (χ0v) is 11.7. The van der Waals surface area contributed by atoms with Crippen molar-refractivity contribution < 1.29 is 0 Å². The summed E-state index contributed by atoms with van der Waals surface area (Å²) < 4.78 is 1.70. The predicted molar refractivity (Wildman–Crippen MR) is 82.1 cm³/mol. The van der Waals surface area contributed by atoms with Crippen LogP contribution in [-0.2, 0) is 6.42 Å². The van der Waals surface area contributed by atoms with Crippen LogP contribution in [0.25, 0.3) is 5.78 Å². The largest absolute Gasteiger partial charge is 0.359 e. The van der Waals surface area contributed by atoms with Crippen LogP contribution in [0.15, 0.2) is 36.7 Å². The second-order valence-electron chi connectivity index (χ2n) is 4.72. The number of anilines is 1. The van der Waals surface area contributed by atoms with E-state index in [1.165, 1.54) is 11.9 Å². The molecule has 0 aliphatic heterocycles. The van der Waals surface area contributed by atoms with E-state index in [-0.39, 0.29) is 0 Å². The van der Waals surface area contributed by atoms with Gasteiger partial charge >= 0.3 is 0 Å². The molecular formula is C16H15N5. The molecule has 21 heavy (non-hydrogen) atoms. The van der Waals surface area contributed by atoms with Gasteiger partial charge in [-0.2, -0.15) is 14.6 Å². The highest BCUT2D eigenvalue weighted by atomic mass is 15.4. The van der Waals surface area contributed by atoms with Gasteiger partial charge in [0, 0.05) is 17.7 Å². The number of nitrogens with one attached hydrogen (secondary N) is 1. The topological polar surface area (TPSA) is 55.1 Å². The molecule has 2 aromatic heterocycles. The zero-order valence-electron chi connectivity index (χ0n) is 11.7. The number of aromatic nitrogens is 4. The van der Waals surface area contributed by atoms with Crippen LogP contribution in [0, 0.1) is 19.3 Å². The van der Waals surface area contributed by atoms with Crippen molar-refractivity contribution in [2.75, 3.05) is 11.9 Å². The highest BCUT2D eigenvalue weighted by Crippen LogP contribution is 2.22. The van der Waals surface area contributed by atoms with E-state index in [1.807, 2.05) is 25.1 Å². The van der Waals surface area contributed by atoms with Crippen molar-refractivity contribution in [1.29, 1.82) is 0 Å². The van der Waals surface area contributed by atoms with Gasteiger partial charge in [0.2, 0.25) is 0 Å². The van der Waals surface area contributed by atoms with Crippen molar-refractivity contribution in [3.05, 3.63) is 53.5 Å². The Hall–Kier alpha value is -2.87. The molecule has 5 heteroatoms. The Morgan fingerprint density at radius 1 is 1.29 bits per heavy atom. The SMILES string of the molecule is C#CCNc1c(Cc2ccccc2)c(C)nc2ncnn12. The van der Waals surface area contributed by atoms with Gasteiger partial charge in [-0.15, -0.1) is 6.42 Å². The molecule has 0 unspecified atom stereocenters. The fraction of sp³-hybridized carbons (Fsp3) is 0.188. The zero-order chi connectivity index (χ0) is 14.7. The molecule has 0 amide bonds. The molecular weight excluding hydrogens is 262 g/mol. The minimum Gasteiger partial charge on any atom is -0.359 e. The second-order valence-corrected chi connectivity index (χ2v) is 4.72. The number of rotatable bonds is 4. The van der Waals surface area contributed by atoms with Crippen LogP contribution in [0.1, 0.15) is 16.8 Å². The summed E-state index contributed by atoms with van der Waals surface area (Å²) in [5.74, 6) is 4.02. The van der Waals surface area contributed by atoms with E-state index < -0.39 is 0 Å². The Kier molecular flexibility index (Phi) is 3.52. The lowest BCUT2D eigenvalue weighted by Crippen LogP contribution is -2.12. The molecule has 0 aliphatic rings. The number of terminal acetylenes is 1. The third kappa shape index (κ3) is 2.56. The molecule has 5 nitrogen and oxygen atoms in total. The number of fused-ring (bicyclic) bond motifs is 1. The first-order valence-corrected chi connectivity index (χ1v) is 6.70. The predicted octanol–water partition coefficient (Wildman–Crippen LogP) is 2.07. The summed E-state index contributed by atoms with van der Waals surface area (Å²) >= 11 is 0. The van der Waals surface area contributed by atoms with Crippen LogP contribution in [0.5, 0.6) is 0 Å². The first kappa shape index (κ1) is 13.1. The van der Waals surface area contributed by atoms with E-state index in [9.17, 15) is 0 Å². The number of hydrogen-bond acceptors (Lipinski definition) is 4. The van der Waals surface area contributed by atoms with Gasteiger partial charge in [0.1, 0.15) is 12.1 Å². The van der Waals surface area contributed by atoms with Gasteiger partial charge in [-0.05, 0) is 12.5 Å². The van der Waals surface area contributed by atoms with Crippen molar-refractivity contribution in [3.8, 4) is 12.3 Å². The van der Waals surface area contributed by atoms with Gasteiger partial charge in [-0.1, -0.05) is 36.3 Å². The summed E-state index contributed by atoms with van der Waals surface area (Å²) in [5.41, 5.74) is 3.22. The van der Waals surface area contributed by atoms with Gasteiger partial charge in [0.05, 0.1) is 6.54 Å². The second kappa shape index (κ2) is 5.63. The molecule has 0 fully saturated rings. The Bertz CT molecular complexity index is 799. The van der Waals surface area contributed by atoms with Crippen molar-refractivity contribution in [2.45, 2.75) is 13.3 Å². The van der Waals surface area contributed by atoms with Crippen molar-refractivity contribution >= 4 is 11.6 Å². The van der Waals surface area contributed by atoms with E-state index >= 15 is 0 Å². The van der Waals surface area contributed by atoms with Crippen molar-refractivity contribution in [3.63, 3.8) is 0 Å². The average molecular weight is 277 g/mol. The summed E-state index contributed by atoms with van der Waals surface area (Å²) in [6.07, 6.45) is 7.62. The first-order valence-electron chi connectivity index (χ1n) is 6.70. The quantitative estimate of drug-likeness (QED) is 0.742. The maximum Gasteiger partial charge on any atom is 0.254 e. The van der Waals surface area contributed by atoms with Crippen LogP contribution in [-0.4, -0.2) is 26.1 Å².